The average Bonchev–Trinajstić information content (AvgIpc) is 2.14. The molecule has 96 valence electrons. The van der Waals surface area contributed by atoms with Crippen LogP contribution in [0.25, 0.3) is 0 Å². The summed E-state index contributed by atoms with van der Waals surface area (Å²) in [4.78, 5) is 15.8. The number of hydrogen-bond donors (Lipinski definition) is 0. The second-order valence-electron chi connectivity index (χ2n) is 3.46. The molecule has 0 atom stereocenters. The first kappa shape index (κ1) is 16.6. The highest BCUT2D eigenvalue weighted by Gasteiger charge is 2.27. The summed E-state index contributed by atoms with van der Waals surface area (Å²) in [5, 5.41) is 12.1. The fraction of sp³-hybridized carbons (Fsp3) is 0.625. The molecular weight excluding hydrogens is 309 g/mol. The van der Waals surface area contributed by atoms with Gasteiger partial charge >= 0.3 is 6.09 Å². The van der Waals surface area contributed by atoms with Crippen molar-refractivity contribution >= 4 is 59.1 Å². The number of halogens is 3. The van der Waals surface area contributed by atoms with Crippen molar-refractivity contribution in [3.8, 4) is 6.07 Å². The Morgan fingerprint density at radius 3 is 2.47 bits per heavy atom. The number of carbonyl (C=O) groups excluding carboxylic acids is 1. The van der Waals surface area contributed by atoms with E-state index in [0.717, 1.165) is 4.31 Å². The highest BCUT2D eigenvalue weighted by molar-refractivity contribution is 8.03. The van der Waals surface area contributed by atoms with E-state index in [-0.39, 0.29) is 0 Å². The van der Waals surface area contributed by atoms with Gasteiger partial charge in [0, 0.05) is 19.0 Å². The topological polar surface area (TPSA) is 65.7 Å². The van der Waals surface area contributed by atoms with E-state index in [1.807, 2.05) is 6.07 Å². The minimum atomic E-state index is -1.66. The molecule has 0 heterocycles. The smallest absolute Gasteiger partial charge is 0.298 e. The van der Waals surface area contributed by atoms with Crippen LogP contribution in [0.1, 0.15) is 13.8 Å². The zero-order chi connectivity index (χ0) is 13.7. The Bertz CT molecular complexity index is 349. The Labute approximate surface area is 119 Å². The van der Waals surface area contributed by atoms with Crippen molar-refractivity contribution in [3.63, 3.8) is 0 Å². The Hall–Kier alpha value is -0.350. The van der Waals surface area contributed by atoms with Gasteiger partial charge in [-0.2, -0.15) is 5.26 Å². The van der Waals surface area contributed by atoms with E-state index in [1.54, 1.807) is 13.8 Å². The monoisotopic (exact) mass is 317 g/mol. The van der Waals surface area contributed by atoms with Gasteiger partial charge in [-0.1, -0.05) is 40.0 Å². The maximum atomic E-state index is 11.3. The summed E-state index contributed by atoms with van der Waals surface area (Å²) in [6.45, 7) is 3.23. The van der Waals surface area contributed by atoms with Crippen molar-refractivity contribution in [3.05, 3.63) is 0 Å². The molecule has 0 aromatic rings. The molecule has 0 rings (SSSR count). The van der Waals surface area contributed by atoms with Gasteiger partial charge in [-0.3, -0.25) is 4.84 Å². The van der Waals surface area contributed by atoms with E-state index in [0.29, 0.717) is 11.9 Å². The summed E-state index contributed by atoms with van der Waals surface area (Å²) in [6.07, 6.45) is 0.393. The second kappa shape index (κ2) is 6.55. The molecule has 0 aromatic carbocycles. The Kier molecular flexibility index (Phi) is 6.41. The molecule has 0 spiro atoms. The fourth-order valence-corrected chi connectivity index (χ4v) is 1.83. The van der Waals surface area contributed by atoms with Gasteiger partial charge in [0.2, 0.25) is 0 Å². The summed E-state index contributed by atoms with van der Waals surface area (Å²) in [5.41, 5.74) is -0.818. The van der Waals surface area contributed by atoms with Gasteiger partial charge < -0.3 is 0 Å². The normalized spacial score (nSPS) is 12.3. The van der Waals surface area contributed by atoms with Gasteiger partial charge in [0.1, 0.15) is 0 Å². The maximum Gasteiger partial charge on any atom is 0.445 e. The van der Waals surface area contributed by atoms with Crippen LogP contribution in [-0.2, 0) is 4.84 Å². The van der Waals surface area contributed by atoms with E-state index < -0.39 is 14.6 Å². The minimum Gasteiger partial charge on any atom is -0.298 e. The molecule has 0 N–H and O–H groups in total. The lowest BCUT2D eigenvalue weighted by Crippen LogP contribution is -2.22. The van der Waals surface area contributed by atoms with E-state index >= 15 is 0 Å². The predicted molar refractivity (Wildman–Crippen MR) is 70.0 cm³/mol. The average molecular weight is 319 g/mol. The lowest BCUT2D eigenvalue weighted by molar-refractivity contribution is 0.137. The van der Waals surface area contributed by atoms with Crippen LogP contribution < -0.4 is 0 Å². The van der Waals surface area contributed by atoms with Crippen LogP contribution in [0.2, 0.25) is 0 Å². The zero-order valence-corrected chi connectivity index (χ0v) is 12.4. The van der Waals surface area contributed by atoms with E-state index in [4.69, 9.17) is 40.1 Å². The number of nitrogens with zero attached hydrogens (tertiary/aromatic N) is 3. The van der Waals surface area contributed by atoms with Gasteiger partial charge in [0.05, 0.1) is 17.7 Å². The summed E-state index contributed by atoms with van der Waals surface area (Å²) < 4.78 is -0.687. The van der Waals surface area contributed by atoms with Crippen molar-refractivity contribution in [1.82, 2.24) is 4.31 Å². The molecule has 5 nitrogen and oxygen atoms in total. The molecule has 0 aliphatic heterocycles. The van der Waals surface area contributed by atoms with Crippen molar-refractivity contribution in [2.24, 2.45) is 10.6 Å². The second-order valence-corrected chi connectivity index (χ2v) is 7.76. The lowest BCUT2D eigenvalue weighted by Gasteiger charge is -2.17. The first-order valence-corrected chi connectivity index (χ1v) is 6.14. The van der Waals surface area contributed by atoms with Gasteiger partial charge in [-0.15, -0.1) is 0 Å². The van der Waals surface area contributed by atoms with Crippen LogP contribution in [0.15, 0.2) is 5.16 Å². The molecule has 0 aromatic heterocycles. The van der Waals surface area contributed by atoms with E-state index in [9.17, 15) is 4.79 Å². The molecule has 17 heavy (non-hydrogen) atoms. The van der Waals surface area contributed by atoms with Gasteiger partial charge in [-0.25, -0.2) is 9.10 Å². The number of carbonyl (C=O) groups is 1. The largest absolute Gasteiger partial charge is 0.445 e. The van der Waals surface area contributed by atoms with Crippen LogP contribution in [0.5, 0.6) is 0 Å². The zero-order valence-electron chi connectivity index (χ0n) is 9.28. The lowest BCUT2D eigenvalue weighted by atomic mass is 9.98. The quantitative estimate of drug-likeness (QED) is 0.262. The summed E-state index contributed by atoms with van der Waals surface area (Å²) >= 11 is 17.0. The standard InChI is InChI=1S/C8H10Cl3N3O2S/c1-7(2,4-12)5-13-16-6(15)14(3)17-8(9,10)11/h5H,1-3H3/b13-5+. The number of rotatable bonds is 3. The fourth-order valence-electron chi connectivity index (χ4n) is 0.482. The first-order chi connectivity index (χ1) is 7.57. The third kappa shape index (κ3) is 8.38. The maximum absolute atomic E-state index is 11.3. The van der Waals surface area contributed by atoms with Crippen LogP contribution in [-0.4, -0.2) is 26.8 Å². The summed E-state index contributed by atoms with van der Waals surface area (Å²) in [7, 11) is 1.36. The minimum absolute atomic E-state index is 0.645. The number of nitriles is 1. The van der Waals surface area contributed by atoms with Gasteiger partial charge in [0.15, 0.2) is 0 Å². The van der Waals surface area contributed by atoms with Crippen molar-refractivity contribution in [2.75, 3.05) is 7.05 Å². The Balaban J connectivity index is 4.25. The molecule has 0 aliphatic carbocycles. The highest BCUT2D eigenvalue weighted by Crippen LogP contribution is 2.40. The van der Waals surface area contributed by atoms with Gasteiger partial charge in [0.25, 0.3) is 3.12 Å². The summed E-state index contributed by atoms with van der Waals surface area (Å²) in [6, 6.07) is 1.96. The molecule has 0 bridgehead atoms. The number of amides is 1. The van der Waals surface area contributed by atoms with Crippen molar-refractivity contribution < 1.29 is 9.63 Å². The molecule has 9 heteroatoms. The molecule has 0 aliphatic rings. The van der Waals surface area contributed by atoms with Crippen LogP contribution in [0, 0.1) is 16.7 Å². The Morgan fingerprint density at radius 2 is 2.06 bits per heavy atom. The van der Waals surface area contributed by atoms with Crippen molar-refractivity contribution in [2.45, 2.75) is 17.0 Å². The predicted octanol–water partition coefficient (Wildman–Crippen LogP) is 3.57. The molecule has 0 saturated carbocycles. The number of alkyl halides is 3. The molecule has 0 saturated heterocycles. The summed E-state index contributed by atoms with van der Waals surface area (Å²) in [5.74, 6) is 0. The van der Waals surface area contributed by atoms with Crippen LogP contribution >= 0.6 is 46.8 Å². The molecule has 1 amide bonds. The van der Waals surface area contributed by atoms with Gasteiger partial charge in [-0.05, 0) is 13.8 Å². The number of hydrogen-bond acceptors (Lipinski definition) is 5. The Morgan fingerprint density at radius 1 is 1.53 bits per heavy atom. The molecule has 0 unspecified atom stereocenters. The van der Waals surface area contributed by atoms with E-state index in [1.165, 1.54) is 13.3 Å². The molecule has 0 fully saturated rings. The third-order valence-corrected chi connectivity index (χ3v) is 2.54. The third-order valence-electron chi connectivity index (χ3n) is 1.29. The van der Waals surface area contributed by atoms with Crippen molar-refractivity contribution in [1.29, 1.82) is 5.26 Å². The number of oxime groups is 1. The van der Waals surface area contributed by atoms with Crippen LogP contribution in [0.3, 0.4) is 0 Å². The highest BCUT2D eigenvalue weighted by atomic mass is 35.6. The first-order valence-electron chi connectivity index (χ1n) is 4.24. The SMILES string of the molecule is CN(SC(Cl)(Cl)Cl)C(=O)O/N=C/C(C)(C)C#N. The van der Waals surface area contributed by atoms with E-state index in [2.05, 4.69) is 9.99 Å². The molecular formula is C8H10Cl3N3O2S. The van der Waals surface area contributed by atoms with Crippen LogP contribution in [0.4, 0.5) is 4.79 Å². The molecule has 0 radical (unpaired) electrons.